The fourth-order valence-corrected chi connectivity index (χ4v) is 4.75. The first kappa shape index (κ1) is 22.6. The van der Waals surface area contributed by atoms with Crippen LogP contribution >= 0.6 is 0 Å². The minimum absolute atomic E-state index is 0.115. The molecule has 0 saturated carbocycles. The smallest absolute Gasteiger partial charge is 0.246 e. The van der Waals surface area contributed by atoms with Crippen LogP contribution in [-0.4, -0.2) is 44.9 Å². The molecule has 2 heterocycles. The number of amides is 2. The summed E-state index contributed by atoms with van der Waals surface area (Å²) in [6.07, 6.45) is 5.52. The number of phenols is 1. The molecule has 7 nitrogen and oxygen atoms in total. The van der Waals surface area contributed by atoms with Crippen molar-refractivity contribution >= 4 is 12.3 Å². The largest absolute Gasteiger partial charge is 0.508 e. The van der Waals surface area contributed by atoms with Crippen LogP contribution in [0.25, 0.3) is 11.3 Å². The number of nitrogens with one attached hydrogen (secondary N) is 2. The first-order valence-corrected chi connectivity index (χ1v) is 11.4. The van der Waals surface area contributed by atoms with Crippen LogP contribution in [0.3, 0.4) is 0 Å². The molecule has 2 aromatic carbocycles. The Kier molecular flexibility index (Phi) is 6.77. The van der Waals surface area contributed by atoms with Crippen LogP contribution in [0.2, 0.25) is 0 Å². The highest BCUT2D eigenvalue weighted by atomic mass is 16.3. The van der Waals surface area contributed by atoms with Gasteiger partial charge in [0.1, 0.15) is 17.6 Å². The van der Waals surface area contributed by atoms with E-state index < -0.39 is 6.04 Å². The third-order valence-electron chi connectivity index (χ3n) is 6.44. The predicted octanol–water partition coefficient (Wildman–Crippen LogP) is 3.81. The van der Waals surface area contributed by atoms with Crippen LogP contribution < -0.4 is 5.32 Å². The Morgan fingerprint density at radius 2 is 1.97 bits per heavy atom. The number of likely N-dealkylation sites (tertiary alicyclic amines) is 1. The zero-order valence-electron chi connectivity index (χ0n) is 19.0. The number of aromatic amines is 1. The number of aromatic nitrogens is 2. The van der Waals surface area contributed by atoms with Crippen LogP contribution in [0.4, 0.5) is 0 Å². The fourth-order valence-electron chi connectivity index (χ4n) is 4.75. The van der Waals surface area contributed by atoms with Crippen molar-refractivity contribution in [1.82, 2.24) is 20.2 Å². The van der Waals surface area contributed by atoms with Gasteiger partial charge in [-0.05, 0) is 67.5 Å². The SMILES string of the molecule is Cc1cc(O)cc(C)c1C[C@H](NC=O)C(=O)N1CCCCC1c1ncc(-c2ccccc2)[nH]1. The Morgan fingerprint density at radius 1 is 1.24 bits per heavy atom. The van der Waals surface area contributed by atoms with Crippen molar-refractivity contribution in [2.24, 2.45) is 0 Å². The molecule has 1 aliphatic heterocycles. The lowest BCUT2D eigenvalue weighted by Crippen LogP contribution is -2.50. The van der Waals surface area contributed by atoms with Crippen molar-refractivity contribution in [3.63, 3.8) is 0 Å². The first-order chi connectivity index (χ1) is 16.0. The molecule has 3 aromatic rings. The van der Waals surface area contributed by atoms with E-state index in [2.05, 4.69) is 15.3 Å². The van der Waals surface area contributed by atoms with Crippen LogP contribution in [0, 0.1) is 13.8 Å². The molecule has 0 radical (unpaired) electrons. The molecule has 1 fully saturated rings. The Balaban J connectivity index is 1.59. The second-order valence-corrected chi connectivity index (χ2v) is 8.69. The van der Waals surface area contributed by atoms with E-state index in [4.69, 9.17) is 0 Å². The number of aromatic hydroxyl groups is 1. The third-order valence-corrected chi connectivity index (χ3v) is 6.44. The topological polar surface area (TPSA) is 98.3 Å². The van der Waals surface area contributed by atoms with Crippen molar-refractivity contribution in [3.8, 4) is 17.0 Å². The van der Waals surface area contributed by atoms with Crippen molar-refractivity contribution in [3.05, 3.63) is 71.2 Å². The maximum absolute atomic E-state index is 13.7. The maximum atomic E-state index is 13.7. The molecule has 1 aliphatic rings. The third kappa shape index (κ3) is 4.92. The highest BCUT2D eigenvalue weighted by molar-refractivity contribution is 5.84. The summed E-state index contributed by atoms with van der Waals surface area (Å²) < 4.78 is 0. The minimum Gasteiger partial charge on any atom is -0.508 e. The highest BCUT2D eigenvalue weighted by Crippen LogP contribution is 2.32. The van der Waals surface area contributed by atoms with Gasteiger partial charge < -0.3 is 20.3 Å². The van der Waals surface area contributed by atoms with Gasteiger partial charge in [0.05, 0.1) is 17.9 Å². The number of aryl methyl sites for hydroxylation is 2. The molecule has 3 N–H and O–H groups in total. The van der Waals surface area contributed by atoms with Crippen molar-refractivity contribution < 1.29 is 14.7 Å². The second kappa shape index (κ2) is 9.90. The summed E-state index contributed by atoms with van der Waals surface area (Å²) in [5.74, 6) is 0.850. The normalized spacial score (nSPS) is 16.9. The lowest BCUT2D eigenvalue weighted by atomic mass is 9.94. The Hall–Kier alpha value is -3.61. The van der Waals surface area contributed by atoms with Gasteiger partial charge in [-0.2, -0.15) is 0 Å². The number of carbonyl (C=O) groups excluding carboxylic acids is 2. The number of phenolic OH excluding ortho intramolecular Hbond substituents is 1. The number of nitrogens with zero attached hydrogens (tertiary/aromatic N) is 2. The number of piperidine rings is 1. The summed E-state index contributed by atoms with van der Waals surface area (Å²) in [6.45, 7) is 4.43. The van der Waals surface area contributed by atoms with Gasteiger partial charge in [-0.3, -0.25) is 9.59 Å². The molecular formula is C26H30N4O3. The van der Waals surface area contributed by atoms with Crippen LogP contribution in [0.5, 0.6) is 5.75 Å². The van der Waals surface area contributed by atoms with E-state index in [0.717, 1.165) is 53.0 Å². The summed E-state index contributed by atoms with van der Waals surface area (Å²) in [7, 11) is 0. The lowest BCUT2D eigenvalue weighted by Gasteiger charge is -2.37. The van der Waals surface area contributed by atoms with E-state index in [0.29, 0.717) is 19.4 Å². The number of imidazole rings is 1. The molecule has 0 aliphatic carbocycles. The highest BCUT2D eigenvalue weighted by Gasteiger charge is 2.34. The summed E-state index contributed by atoms with van der Waals surface area (Å²) in [6, 6.07) is 12.5. The fraction of sp³-hybridized carbons (Fsp3) is 0.346. The van der Waals surface area contributed by atoms with Gasteiger partial charge in [0.25, 0.3) is 0 Å². The van der Waals surface area contributed by atoms with Crippen LogP contribution in [-0.2, 0) is 16.0 Å². The predicted molar refractivity (Wildman–Crippen MR) is 127 cm³/mol. The molecule has 0 spiro atoms. The number of H-pyrrole nitrogens is 1. The molecular weight excluding hydrogens is 416 g/mol. The van der Waals surface area contributed by atoms with Crippen molar-refractivity contribution in [2.45, 2.75) is 51.6 Å². The molecule has 7 heteroatoms. The monoisotopic (exact) mass is 446 g/mol. The van der Waals surface area contributed by atoms with Gasteiger partial charge in [0.15, 0.2) is 0 Å². The van der Waals surface area contributed by atoms with E-state index in [9.17, 15) is 14.7 Å². The zero-order valence-corrected chi connectivity index (χ0v) is 19.0. The Bertz CT molecular complexity index is 1100. The van der Waals surface area contributed by atoms with Crippen molar-refractivity contribution in [2.75, 3.05) is 6.54 Å². The van der Waals surface area contributed by atoms with Crippen molar-refractivity contribution in [1.29, 1.82) is 0 Å². The molecule has 0 bridgehead atoms. The maximum Gasteiger partial charge on any atom is 0.246 e. The molecule has 33 heavy (non-hydrogen) atoms. The number of carbonyl (C=O) groups is 2. The molecule has 4 rings (SSSR count). The average Bonchev–Trinajstić information content (AvgIpc) is 3.31. The minimum atomic E-state index is -0.686. The molecule has 1 saturated heterocycles. The summed E-state index contributed by atoms with van der Waals surface area (Å²) in [5.41, 5.74) is 4.71. The number of benzene rings is 2. The van der Waals surface area contributed by atoms with E-state index in [1.54, 1.807) is 12.1 Å². The van der Waals surface area contributed by atoms with Gasteiger partial charge in [0.2, 0.25) is 12.3 Å². The number of rotatable bonds is 7. The first-order valence-electron chi connectivity index (χ1n) is 11.4. The van der Waals surface area contributed by atoms with E-state index in [1.807, 2.05) is 55.3 Å². The van der Waals surface area contributed by atoms with Crippen LogP contribution in [0.1, 0.15) is 47.8 Å². The van der Waals surface area contributed by atoms with Gasteiger partial charge in [-0.25, -0.2) is 4.98 Å². The van der Waals surface area contributed by atoms with Gasteiger partial charge in [0, 0.05) is 13.0 Å². The average molecular weight is 447 g/mol. The molecule has 1 unspecified atom stereocenters. The number of hydrogen-bond acceptors (Lipinski definition) is 4. The lowest BCUT2D eigenvalue weighted by molar-refractivity contribution is -0.138. The van der Waals surface area contributed by atoms with Gasteiger partial charge in [-0.15, -0.1) is 0 Å². The van der Waals surface area contributed by atoms with Gasteiger partial charge >= 0.3 is 0 Å². The Morgan fingerprint density at radius 3 is 2.67 bits per heavy atom. The van der Waals surface area contributed by atoms with E-state index in [1.165, 1.54) is 0 Å². The summed E-state index contributed by atoms with van der Waals surface area (Å²) in [5, 5.41) is 12.6. The molecule has 2 amide bonds. The molecule has 1 aromatic heterocycles. The van der Waals surface area contributed by atoms with Gasteiger partial charge in [-0.1, -0.05) is 30.3 Å². The molecule has 2 atom stereocenters. The number of hydrogen-bond donors (Lipinski definition) is 3. The summed E-state index contributed by atoms with van der Waals surface area (Å²) >= 11 is 0. The standard InChI is InChI=1S/C26H30N4O3/c1-17-12-20(32)13-18(2)21(17)14-22(28-16-31)26(33)30-11-7-6-10-24(30)25-27-15-23(29-25)19-8-4-3-5-9-19/h3-5,8-9,12-13,15-16,22,24,32H,6-7,10-11,14H2,1-2H3,(H,27,29)(H,28,31)/t22-,24?/m0/s1. The summed E-state index contributed by atoms with van der Waals surface area (Å²) in [4.78, 5) is 34.9. The zero-order chi connectivity index (χ0) is 23.4. The quantitative estimate of drug-likeness (QED) is 0.481. The Labute approximate surface area is 193 Å². The second-order valence-electron chi connectivity index (χ2n) is 8.69. The van der Waals surface area contributed by atoms with Crippen LogP contribution in [0.15, 0.2) is 48.7 Å². The van der Waals surface area contributed by atoms with E-state index >= 15 is 0 Å². The van der Waals surface area contributed by atoms with E-state index in [-0.39, 0.29) is 17.7 Å². The molecule has 172 valence electrons.